The van der Waals surface area contributed by atoms with E-state index < -0.39 is 0 Å². The molecule has 6 nitrogen and oxygen atoms in total. The standard InChI is InChI=1S/C11H9N5OS/c18-11-14-13-10(8-1-4-12-5-2-8)16(11)7-9-3-6-17-15-9/h1-6H,7H2,(H,14,18). The number of pyridine rings is 1. The topological polar surface area (TPSA) is 72.5 Å². The van der Waals surface area contributed by atoms with Crippen molar-refractivity contribution in [2.75, 3.05) is 0 Å². The lowest BCUT2D eigenvalue weighted by molar-refractivity contribution is 0.409. The van der Waals surface area contributed by atoms with E-state index >= 15 is 0 Å². The van der Waals surface area contributed by atoms with Crippen LogP contribution in [0.2, 0.25) is 0 Å². The van der Waals surface area contributed by atoms with Gasteiger partial charge < -0.3 is 4.52 Å². The molecule has 0 aliphatic heterocycles. The Morgan fingerprint density at radius 1 is 1.28 bits per heavy atom. The highest BCUT2D eigenvalue weighted by Crippen LogP contribution is 2.16. The Balaban J connectivity index is 2.04. The van der Waals surface area contributed by atoms with Crippen LogP contribution in [-0.4, -0.2) is 24.9 Å². The molecule has 7 heteroatoms. The molecule has 0 radical (unpaired) electrons. The second-order valence-electron chi connectivity index (χ2n) is 3.67. The van der Waals surface area contributed by atoms with Gasteiger partial charge in [0.05, 0.1) is 6.54 Å². The third kappa shape index (κ3) is 1.95. The Bertz CT molecular complexity index is 686. The van der Waals surface area contributed by atoms with Crippen molar-refractivity contribution in [1.29, 1.82) is 0 Å². The van der Waals surface area contributed by atoms with E-state index in [2.05, 4.69) is 20.3 Å². The molecule has 0 saturated heterocycles. The van der Waals surface area contributed by atoms with Gasteiger partial charge in [0, 0.05) is 24.0 Å². The number of H-pyrrole nitrogens is 1. The number of nitrogens with zero attached hydrogens (tertiary/aromatic N) is 4. The van der Waals surface area contributed by atoms with Gasteiger partial charge in [-0.15, -0.1) is 0 Å². The van der Waals surface area contributed by atoms with E-state index in [9.17, 15) is 0 Å². The van der Waals surface area contributed by atoms with Crippen molar-refractivity contribution < 1.29 is 4.52 Å². The minimum absolute atomic E-state index is 0.517. The van der Waals surface area contributed by atoms with Crippen LogP contribution in [0.5, 0.6) is 0 Å². The second-order valence-corrected chi connectivity index (χ2v) is 4.05. The van der Waals surface area contributed by atoms with Crippen molar-refractivity contribution in [2.45, 2.75) is 6.54 Å². The van der Waals surface area contributed by atoms with Crippen LogP contribution < -0.4 is 0 Å². The molecule has 3 rings (SSSR count). The zero-order valence-corrected chi connectivity index (χ0v) is 10.1. The molecule has 0 aromatic carbocycles. The molecule has 0 bridgehead atoms. The summed E-state index contributed by atoms with van der Waals surface area (Å²) < 4.78 is 7.22. The van der Waals surface area contributed by atoms with Crippen molar-refractivity contribution in [3.05, 3.63) is 47.3 Å². The van der Waals surface area contributed by atoms with E-state index in [1.165, 1.54) is 6.26 Å². The zero-order chi connectivity index (χ0) is 12.4. The van der Waals surface area contributed by atoms with Gasteiger partial charge in [0.1, 0.15) is 12.0 Å². The fourth-order valence-electron chi connectivity index (χ4n) is 1.67. The number of hydrogen-bond acceptors (Lipinski definition) is 5. The molecule has 0 amide bonds. The number of aromatic amines is 1. The maximum atomic E-state index is 5.22. The predicted molar refractivity (Wildman–Crippen MR) is 66.2 cm³/mol. The van der Waals surface area contributed by atoms with Gasteiger partial charge in [0.15, 0.2) is 10.6 Å². The van der Waals surface area contributed by atoms with Crippen molar-refractivity contribution in [1.82, 2.24) is 24.9 Å². The lowest BCUT2D eigenvalue weighted by Crippen LogP contribution is -2.02. The molecule has 0 saturated carbocycles. The van der Waals surface area contributed by atoms with E-state index in [1.807, 2.05) is 16.7 Å². The Morgan fingerprint density at radius 2 is 2.11 bits per heavy atom. The third-order valence-corrected chi connectivity index (χ3v) is 2.82. The molecule has 0 spiro atoms. The maximum absolute atomic E-state index is 5.22. The van der Waals surface area contributed by atoms with Crippen LogP contribution in [0, 0.1) is 4.77 Å². The first-order valence-corrected chi connectivity index (χ1v) is 5.70. The van der Waals surface area contributed by atoms with Crippen LogP contribution in [0.1, 0.15) is 5.69 Å². The summed E-state index contributed by atoms with van der Waals surface area (Å²) in [6.07, 6.45) is 4.96. The van der Waals surface area contributed by atoms with Gasteiger partial charge in [0.2, 0.25) is 0 Å². The highest BCUT2D eigenvalue weighted by Gasteiger charge is 2.10. The second kappa shape index (κ2) is 4.53. The van der Waals surface area contributed by atoms with E-state index in [0.717, 1.165) is 17.1 Å². The van der Waals surface area contributed by atoms with Gasteiger partial charge in [-0.25, -0.2) is 0 Å². The molecule has 0 aliphatic rings. The van der Waals surface area contributed by atoms with Gasteiger partial charge in [0.25, 0.3) is 0 Å². The summed E-state index contributed by atoms with van der Waals surface area (Å²) in [6.45, 7) is 0.517. The van der Waals surface area contributed by atoms with Crippen LogP contribution >= 0.6 is 12.2 Å². The molecular weight excluding hydrogens is 250 g/mol. The van der Waals surface area contributed by atoms with Crippen molar-refractivity contribution in [3.63, 3.8) is 0 Å². The molecule has 0 aliphatic carbocycles. The van der Waals surface area contributed by atoms with Crippen LogP contribution in [0.4, 0.5) is 0 Å². The van der Waals surface area contributed by atoms with E-state index in [1.54, 1.807) is 18.5 Å². The fraction of sp³-hybridized carbons (Fsp3) is 0.0909. The molecule has 3 heterocycles. The first-order chi connectivity index (χ1) is 8.84. The largest absolute Gasteiger partial charge is 0.364 e. The van der Waals surface area contributed by atoms with Gasteiger partial charge in [-0.1, -0.05) is 5.16 Å². The first kappa shape index (κ1) is 10.8. The molecule has 90 valence electrons. The van der Waals surface area contributed by atoms with Crippen LogP contribution in [0.15, 0.2) is 41.4 Å². The summed E-state index contributed by atoms with van der Waals surface area (Å²) in [6, 6.07) is 5.56. The molecule has 18 heavy (non-hydrogen) atoms. The summed E-state index contributed by atoms with van der Waals surface area (Å²) in [5.74, 6) is 0.755. The summed E-state index contributed by atoms with van der Waals surface area (Å²) in [5.41, 5.74) is 1.74. The lowest BCUT2D eigenvalue weighted by atomic mass is 10.2. The fourth-order valence-corrected chi connectivity index (χ4v) is 1.86. The van der Waals surface area contributed by atoms with Crippen molar-refractivity contribution in [3.8, 4) is 11.4 Å². The Labute approximate surface area is 107 Å². The van der Waals surface area contributed by atoms with Crippen LogP contribution in [0.25, 0.3) is 11.4 Å². The molecule has 3 aromatic heterocycles. The Hall–Kier alpha value is -2.28. The number of rotatable bonds is 3. The minimum atomic E-state index is 0.517. The van der Waals surface area contributed by atoms with E-state index in [0.29, 0.717) is 11.3 Å². The number of aromatic nitrogens is 5. The highest BCUT2D eigenvalue weighted by atomic mass is 32.1. The minimum Gasteiger partial charge on any atom is -0.364 e. The van der Waals surface area contributed by atoms with Gasteiger partial charge in [-0.05, 0) is 24.4 Å². The molecule has 0 fully saturated rings. The molecule has 0 unspecified atom stereocenters. The van der Waals surface area contributed by atoms with Crippen LogP contribution in [0.3, 0.4) is 0 Å². The smallest absolute Gasteiger partial charge is 0.195 e. The predicted octanol–water partition coefficient (Wildman–Crippen LogP) is 2.04. The highest BCUT2D eigenvalue weighted by molar-refractivity contribution is 7.71. The van der Waals surface area contributed by atoms with Crippen molar-refractivity contribution >= 4 is 12.2 Å². The van der Waals surface area contributed by atoms with Crippen molar-refractivity contribution in [2.24, 2.45) is 0 Å². The third-order valence-electron chi connectivity index (χ3n) is 2.51. The quantitative estimate of drug-likeness (QED) is 0.729. The normalized spacial score (nSPS) is 10.7. The van der Waals surface area contributed by atoms with Crippen LogP contribution in [-0.2, 0) is 6.54 Å². The average Bonchev–Trinajstić information content (AvgIpc) is 3.03. The molecule has 0 atom stereocenters. The zero-order valence-electron chi connectivity index (χ0n) is 9.28. The SMILES string of the molecule is S=c1[nH]nc(-c2ccncc2)n1Cc1ccon1. The Morgan fingerprint density at radius 3 is 2.83 bits per heavy atom. The average molecular weight is 259 g/mol. The number of nitrogens with one attached hydrogen (secondary N) is 1. The lowest BCUT2D eigenvalue weighted by Gasteiger charge is -2.03. The van der Waals surface area contributed by atoms with Gasteiger partial charge in [-0.3, -0.25) is 14.6 Å². The number of hydrogen-bond donors (Lipinski definition) is 1. The van der Waals surface area contributed by atoms with E-state index in [-0.39, 0.29) is 0 Å². The monoisotopic (exact) mass is 259 g/mol. The first-order valence-electron chi connectivity index (χ1n) is 5.29. The summed E-state index contributed by atoms with van der Waals surface area (Å²) in [4.78, 5) is 3.98. The maximum Gasteiger partial charge on any atom is 0.195 e. The summed E-state index contributed by atoms with van der Waals surface area (Å²) >= 11 is 5.22. The van der Waals surface area contributed by atoms with Gasteiger partial charge >= 0.3 is 0 Å². The van der Waals surface area contributed by atoms with E-state index in [4.69, 9.17) is 16.7 Å². The summed E-state index contributed by atoms with van der Waals surface area (Å²) in [7, 11) is 0. The summed E-state index contributed by atoms with van der Waals surface area (Å²) in [5, 5.41) is 10.9. The molecular formula is C11H9N5OS. The Kier molecular flexibility index (Phi) is 2.73. The molecule has 3 aromatic rings. The van der Waals surface area contributed by atoms with Gasteiger partial charge in [-0.2, -0.15) is 5.10 Å². The molecule has 1 N–H and O–H groups in total.